The maximum atomic E-state index is 13.3. The van der Waals surface area contributed by atoms with E-state index in [9.17, 15) is 4.79 Å². The zero-order valence-corrected chi connectivity index (χ0v) is 21.6. The molecule has 1 aliphatic rings. The molecular weight excluding hydrogens is 444 g/mol. The molecule has 3 aromatic carbocycles. The third kappa shape index (κ3) is 5.31. The second kappa shape index (κ2) is 10.8. The van der Waals surface area contributed by atoms with Crippen molar-refractivity contribution in [3.8, 4) is 0 Å². The smallest absolute Gasteiger partial charge is 0.224 e. The van der Waals surface area contributed by atoms with Gasteiger partial charge in [-0.2, -0.15) is 0 Å². The maximum Gasteiger partial charge on any atom is 0.224 e. The quantitative estimate of drug-likeness (QED) is 0.337. The molecule has 0 unspecified atom stereocenters. The molecule has 1 amide bonds. The minimum absolute atomic E-state index is 0.167. The van der Waals surface area contributed by atoms with Crippen molar-refractivity contribution in [3.05, 3.63) is 77.6 Å². The topological polar surface area (TPSA) is 64.2 Å². The van der Waals surface area contributed by atoms with E-state index < -0.39 is 0 Å². The first kappa shape index (κ1) is 24.5. The Labute approximate surface area is 214 Å². The summed E-state index contributed by atoms with van der Waals surface area (Å²) in [5, 5.41) is 2.44. The van der Waals surface area contributed by atoms with Gasteiger partial charge in [-0.25, -0.2) is 4.98 Å². The van der Waals surface area contributed by atoms with Crippen molar-refractivity contribution in [2.24, 2.45) is 5.73 Å². The molecule has 1 saturated heterocycles. The van der Waals surface area contributed by atoms with Gasteiger partial charge in [0, 0.05) is 38.0 Å². The Morgan fingerprint density at radius 3 is 2.78 bits per heavy atom. The fourth-order valence-electron chi connectivity index (χ4n) is 5.63. The van der Waals surface area contributed by atoms with Crippen molar-refractivity contribution in [2.45, 2.75) is 70.9 Å². The van der Waals surface area contributed by atoms with Crippen LogP contribution in [0.5, 0.6) is 0 Å². The first-order valence-corrected chi connectivity index (χ1v) is 13.5. The number of unbranched alkanes of at least 4 members (excludes halogenated alkanes) is 1. The summed E-state index contributed by atoms with van der Waals surface area (Å²) >= 11 is 0. The highest BCUT2D eigenvalue weighted by atomic mass is 16.2. The summed E-state index contributed by atoms with van der Waals surface area (Å²) in [4.78, 5) is 20.4. The van der Waals surface area contributed by atoms with Crippen LogP contribution < -0.4 is 5.73 Å². The van der Waals surface area contributed by atoms with E-state index >= 15 is 0 Å². The number of nitrogens with two attached hydrogens (primary N) is 1. The zero-order chi connectivity index (χ0) is 25.1. The second-order valence-electron chi connectivity index (χ2n) is 10.5. The minimum atomic E-state index is -0.184. The van der Waals surface area contributed by atoms with Crippen molar-refractivity contribution in [3.63, 3.8) is 0 Å². The summed E-state index contributed by atoms with van der Waals surface area (Å²) in [7, 11) is 0. The molecule has 2 atom stereocenters. The van der Waals surface area contributed by atoms with Gasteiger partial charge in [-0.3, -0.25) is 4.79 Å². The van der Waals surface area contributed by atoms with E-state index in [1.165, 1.54) is 27.4 Å². The van der Waals surface area contributed by atoms with E-state index in [2.05, 4.69) is 79.1 Å². The van der Waals surface area contributed by atoms with Gasteiger partial charge in [0.15, 0.2) is 0 Å². The van der Waals surface area contributed by atoms with Gasteiger partial charge in [0.1, 0.15) is 5.82 Å². The lowest BCUT2D eigenvalue weighted by molar-refractivity contribution is -0.132. The first-order chi connectivity index (χ1) is 17.5. The largest absolute Gasteiger partial charge is 0.342 e. The van der Waals surface area contributed by atoms with Gasteiger partial charge in [0.2, 0.25) is 5.91 Å². The summed E-state index contributed by atoms with van der Waals surface area (Å²) in [6.07, 6.45) is 5.44. The molecule has 0 saturated carbocycles. The van der Waals surface area contributed by atoms with Crippen LogP contribution in [0.1, 0.15) is 61.9 Å². The number of benzene rings is 3. The van der Waals surface area contributed by atoms with Gasteiger partial charge in [0.05, 0.1) is 11.0 Å². The number of likely N-dealkylation sites (tertiary alicyclic amines) is 1. The Morgan fingerprint density at radius 1 is 1.11 bits per heavy atom. The Kier molecular flexibility index (Phi) is 7.38. The Morgan fingerprint density at radius 2 is 1.94 bits per heavy atom. The van der Waals surface area contributed by atoms with Crippen molar-refractivity contribution in [1.82, 2.24) is 14.5 Å². The SMILES string of the molecule is CCCCn1c([C@@H]2CCCN(C(=O)C[C@H](N)Cc3ccc4ccccc4c3)C2)nc2cc(C)ccc21. The number of fused-ring (bicyclic) bond motifs is 2. The third-order valence-electron chi connectivity index (χ3n) is 7.56. The minimum Gasteiger partial charge on any atom is -0.342 e. The predicted molar refractivity (Wildman–Crippen MR) is 148 cm³/mol. The van der Waals surface area contributed by atoms with Crippen LogP contribution in [-0.2, 0) is 17.8 Å². The number of rotatable bonds is 8. The number of hydrogen-bond donors (Lipinski definition) is 1. The van der Waals surface area contributed by atoms with Crippen molar-refractivity contribution < 1.29 is 4.79 Å². The summed E-state index contributed by atoms with van der Waals surface area (Å²) in [6, 6.07) is 21.2. The average molecular weight is 483 g/mol. The molecule has 5 rings (SSSR count). The molecule has 188 valence electrons. The molecule has 0 aliphatic carbocycles. The Bertz CT molecular complexity index is 1360. The fourth-order valence-corrected chi connectivity index (χ4v) is 5.63. The molecule has 1 aliphatic heterocycles. The number of piperidine rings is 1. The van der Waals surface area contributed by atoms with Gasteiger partial charge < -0.3 is 15.2 Å². The van der Waals surface area contributed by atoms with Crippen LogP contribution in [0.15, 0.2) is 60.7 Å². The number of carbonyl (C=O) groups is 1. The highest BCUT2D eigenvalue weighted by Gasteiger charge is 2.29. The van der Waals surface area contributed by atoms with E-state index in [0.29, 0.717) is 12.8 Å². The van der Waals surface area contributed by atoms with Crippen LogP contribution in [0, 0.1) is 6.92 Å². The molecule has 0 spiro atoms. The van der Waals surface area contributed by atoms with Crippen LogP contribution in [0.3, 0.4) is 0 Å². The van der Waals surface area contributed by atoms with Crippen LogP contribution in [0.4, 0.5) is 0 Å². The summed E-state index contributed by atoms with van der Waals surface area (Å²) in [5.74, 6) is 1.58. The molecule has 36 heavy (non-hydrogen) atoms. The van der Waals surface area contributed by atoms with Crippen LogP contribution >= 0.6 is 0 Å². The van der Waals surface area contributed by atoms with E-state index in [-0.39, 0.29) is 17.9 Å². The number of nitrogens with zero attached hydrogens (tertiary/aromatic N) is 3. The summed E-state index contributed by atoms with van der Waals surface area (Å²) in [5.41, 5.74) is 11.2. The van der Waals surface area contributed by atoms with E-state index in [1.807, 2.05) is 4.90 Å². The van der Waals surface area contributed by atoms with Crippen molar-refractivity contribution in [1.29, 1.82) is 0 Å². The zero-order valence-electron chi connectivity index (χ0n) is 21.6. The molecule has 0 radical (unpaired) electrons. The van der Waals surface area contributed by atoms with E-state index in [4.69, 9.17) is 10.7 Å². The third-order valence-corrected chi connectivity index (χ3v) is 7.56. The van der Waals surface area contributed by atoms with E-state index in [1.54, 1.807) is 0 Å². The van der Waals surface area contributed by atoms with Crippen molar-refractivity contribution >= 4 is 27.7 Å². The molecule has 4 aromatic rings. The van der Waals surface area contributed by atoms with Gasteiger partial charge in [-0.05, 0) is 66.6 Å². The predicted octanol–water partition coefficient (Wildman–Crippen LogP) is 5.96. The number of amides is 1. The standard InChI is InChI=1S/C31H38N4O/c1-3-4-16-35-29-14-11-22(2)17-28(29)33-31(35)26-10-7-15-34(21-26)30(36)20-27(32)19-23-12-13-24-8-5-6-9-25(24)18-23/h5-6,8-9,11-14,17-18,26-27H,3-4,7,10,15-16,19-21,32H2,1-2H3/t26-,27-/m1/s1. The summed E-state index contributed by atoms with van der Waals surface area (Å²) in [6.45, 7) is 6.87. The monoisotopic (exact) mass is 482 g/mol. The number of imidazole rings is 1. The second-order valence-corrected chi connectivity index (χ2v) is 10.5. The van der Waals surface area contributed by atoms with Gasteiger partial charge >= 0.3 is 0 Å². The lowest BCUT2D eigenvalue weighted by Gasteiger charge is -2.33. The maximum absolute atomic E-state index is 13.3. The highest BCUT2D eigenvalue weighted by Crippen LogP contribution is 2.30. The number of aromatic nitrogens is 2. The molecule has 1 fully saturated rings. The van der Waals surface area contributed by atoms with Crippen LogP contribution in [0.2, 0.25) is 0 Å². The normalized spacial score (nSPS) is 17.1. The van der Waals surface area contributed by atoms with Crippen molar-refractivity contribution in [2.75, 3.05) is 13.1 Å². The molecule has 2 N–H and O–H groups in total. The van der Waals surface area contributed by atoms with Crippen LogP contribution in [0.25, 0.3) is 21.8 Å². The Hall–Kier alpha value is -3.18. The van der Waals surface area contributed by atoms with Crippen LogP contribution in [-0.4, -0.2) is 39.5 Å². The molecular formula is C31H38N4O. The molecule has 2 heterocycles. The summed E-state index contributed by atoms with van der Waals surface area (Å²) < 4.78 is 2.41. The molecule has 5 nitrogen and oxygen atoms in total. The lowest BCUT2D eigenvalue weighted by Crippen LogP contribution is -2.42. The molecule has 0 bridgehead atoms. The number of carbonyl (C=O) groups excluding carboxylic acids is 1. The van der Waals surface area contributed by atoms with E-state index in [0.717, 1.165) is 56.7 Å². The Balaban J connectivity index is 1.27. The lowest BCUT2D eigenvalue weighted by atomic mass is 9.95. The fraction of sp³-hybridized carbons (Fsp3) is 0.419. The van der Waals surface area contributed by atoms with Gasteiger partial charge in [0.25, 0.3) is 0 Å². The van der Waals surface area contributed by atoms with Gasteiger partial charge in [-0.15, -0.1) is 0 Å². The highest BCUT2D eigenvalue weighted by molar-refractivity contribution is 5.83. The number of aryl methyl sites for hydroxylation is 2. The molecule has 1 aromatic heterocycles. The molecule has 5 heteroatoms. The average Bonchev–Trinajstić information content (AvgIpc) is 3.24. The van der Waals surface area contributed by atoms with Gasteiger partial charge in [-0.1, -0.05) is 61.9 Å². The first-order valence-electron chi connectivity index (χ1n) is 13.5. The number of hydrogen-bond acceptors (Lipinski definition) is 3.